The Bertz CT molecular complexity index is 1220. The molecule has 2 aliphatic heterocycles. The molecule has 2 aromatic carbocycles. The van der Waals surface area contributed by atoms with E-state index in [1.807, 2.05) is 27.7 Å². The lowest BCUT2D eigenvalue weighted by molar-refractivity contribution is 0.0139. The molecular weight excluding hydrogens is 502 g/mol. The number of benzene rings is 2. The molecule has 4 rings (SSSR count). The van der Waals surface area contributed by atoms with Crippen LogP contribution in [-0.4, -0.2) is 75.8 Å². The molecule has 0 aromatic heterocycles. The molecule has 38 heavy (non-hydrogen) atoms. The minimum Gasteiger partial charge on any atom is -0.444 e. The van der Waals surface area contributed by atoms with Gasteiger partial charge in [0.25, 0.3) is 10.1 Å². The van der Waals surface area contributed by atoms with Crippen molar-refractivity contribution in [3.8, 4) is 0 Å². The van der Waals surface area contributed by atoms with Crippen LogP contribution in [0.2, 0.25) is 0 Å². The van der Waals surface area contributed by atoms with Crippen LogP contribution in [-0.2, 0) is 25.6 Å². The van der Waals surface area contributed by atoms with Crippen molar-refractivity contribution in [2.24, 2.45) is 5.92 Å². The average Bonchev–Trinajstić information content (AvgIpc) is 3.31. The van der Waals surface area contributed by atoms with Crippen molar-refractivity contribution in [2.75, 3.05) is 50.8 Å². The van der Waals surface area contributed by atoms with Gasteiger partial charge in [0.2, 0.25) is 0 Å². The highest BCUT2D eigenvalue weighted by atomic mass is 32.2. The fourth-order valence-corrected chi connectivity index (χ4v) is 6.06. The van der Waals surface area contributed by atoms with E-state index in [0.29, 0.717) is 13.1 Å². The predicted octanol–water partition coefficient (Wildman–Crippen LogP) is 4.59. The van der Waals surface area contributed by atoms with Gasteiger partial charge in [0.05, 0.1) is 11.5 Å². The molecule has 9 heteroatoms. The molecule has 2 fully saturated rings. The van der Waals surface area contributed by atoms with Gasteiger partial charge in [0.1, 0.15) is 5.60 Å². The number of carbonyl (C=O) groups excluding carboxylic acids is 1. The molecule has 2 saturated heterocycles. The Morgan fingerprint density at radius 3 is 2.32 bits per heavy atom. The van der Waals surface area contributed by atoms with Gasteiger partial charge in [-0.25, -0.2) is 4.79 Å². The van der Waals surface area contributed by atoms with Crippen LogP contribution in [0.1, 0.15) is 43.9 Å². The first-order valence-corrected chi connectivity index (χ1v) is 14.8. The van der Waals surface area contributed by atoms with Gasteiger partial charge in [0, 0.05) is 57.4 Å². The molecule has 0 radical (unpaired) electrons. The van der Waals surface area contributed by atoms with Crippen LogP contribution in [0.15, 0.2) is 47.4 Å². The first kappa shape index (κ1) is 28.4. The van der Waals surface area contributed by atoms with E-state index in [4.69, 9.17) is 8.92 Å². The highest BCUT2D eigenvalue weighted by molar-refractivity contribution is 7.86. The van der Waals surface area contributed by atoms with Crippen molar-refractivity contribution in [3.05, 3.63) is 59.2 Å². The number of nitrogens with zero attached hydrogens (tertiary/aromatic N) is 3. The van der Waals surface area contributed by atoms with E-state index in [0.717, 1.165) is 44.7 Å². The summed E-state index contributed by atoms with van der Waals surface area (Å²) in [5.41, 5.74) is 4.21. The Morgan fingerprint density at radius 2 is 1.66 bits per heavy atom. The number of rotatable bonds is 7. The lowest BCUT2D eigenvalue weighted by Crippen LogP contribution is -2.49. The summed E-state index contributed by atoms with van der Waals surface area (Å²) >= 11 is 0. The summed E-state index contributed by atoms with van der Waals surface area (Å²) in [7, 11) is -3.77. The predicted molar refractivity (Wildman–Crippen MR) is 149 cm³/mol. The zero-order chi connectivity index (χ0) is 27.5. The van der Waals surface area contributed by atoms with Gasteiger partial charge in [-0.15, -0.1) is 0 Å². The monoisotopic (exact) mass is 543 g/mol. The lowest BCUT2D eigenvalue weighted by atomic mass is 10.1. The van der Waals surface area contributed by atoms with E-state index in [1.165, 1.54) is 16.8 Å². The van der Waals surface area contributed by atoms with Gasteiger partial charge in [-0.05, 0) is 64.3 Å². The van der Waals surface area contributed by atoms with E-state index >= 15 is 0 Å². The quantitative estimate of drug-likeness (QED) is 0.473. The van der Waals surface area contributed by atoms with Crippen molar-refractivity contribution < 1.29 is 22.1 Å². The molecule has 0 spiro atoms. The molecule has 8 nitrogen and oxygen atoms in total. The Labute approximate surface area is 227 Å². The summed E-state index contributed by atoms with van der Waals surface area (Å²) in [6.45, 7) is 15.2. The highest BCUT2D eigenvalue weighted by Crippen LogP contribution is 2.32. The number of aryl methyl sites for hydroxylation is 2. The fourth-order valence-electron chi connectivity index (χ4n) is 5.09. The maximum Gasteiger partial charge on any atom is 0.410 e. The zero-order valence-corrected chi connectivity index (χ0v) is 24.1. The van der Waals surface area contributed by atoms with Crippen molar-refractivity contribution in [1.82, 2.24) is 9.80 Å². The van der Waals surface area contributed by atoms with Crippen molar-refractivity contribution in [2.45, 2.75) is 58.1 Å². The molecular formula is C29H41N3O5S. The molecule has 0 N–H and O–H groups in total. The standard InChI is InChI=1S/C29H41N3O5S/c1-22-9-11-26(12-10-22)38(34,35)36-21-24-13-14-32(19-24)27-23(2)7-6-8-25(27)20-30-15-17-31(18-16-30)28(33)37-29(3,4)5/h6-12,24H,13-21H2,1-5H3/t24-/m0/s1. The first-order chi connectivity index (χ1) is 17.9. The van der Waals surface area contributed by atoms with E-state index < -0.39 is 15.7 Å². The summed E-state index contributed by atoms with van der Waals surface area (Å²) in [5.74, 6) is 0.139. The zero-order valence-electron chi connectivity index (χ0n) is 23.3. The van der Waals surface area contributed by atoms with Crippen LogP contribution in [0.5, 0.6) is 0 Å². The number of para-hydroxylation sites is 1. The number of hydrogen-bond donors (Lipinski definition) is 0. The second-order valence-electron chi connectivity index (χ2n) is 11.5. The molecule has 208 valence electrons. The van der Waals surface area contributed by atoms with Crippen LogP contribution in [0, 0.1) is 19.8 Å². The minimum absolute atomic E-state index is 0.139. The van der Waals surface area contributed by atoms with Gasteiger partial charge >= 0.3 is 6.09 Å². The maximum atomic E-state index is 12.6. The third-order valence-corrected chi connectivity index (χ3v) is 8.41. The summed E-state index contributed by atoms with van der Waals surface area (Å²) in [6, 6.07) is 13.2. The maximum absolute atomic E-state index is 12.6. The number of ether oxygens (including phenoxy) is 1. The SMILES string of the molecule is Cc1ccc(S(=O)(=O)OC[C@H]2CCN(c3c(C)cccc3CN3CCN(C(=O)OC(C)(C)C)CC3)C2)cc1. The number of anilines is 1. The lowest BCUT2D eigenvalue weighted by Gasteiger charge is -2.36. The van der Waals surface area contributed by atoms with Crippen molar-refractivity contribution in [3.63, 3.8) is 0 Å². The molecule has 2 aliphatic rings. The third-order valence-electron chi connectivity index (χ3n) is 7.11. The molecule has 0 aliphatic carbocycles. The normalized spacial score (nSPS) is 19.1. The number of piperazine rings is 1. The van der Waals surface area contributed by atoms with Crippen molar-refractivity contribution >= 4 is 21.9 Å². The molecule has 0 bridgehead atoms. The molecule has 0 saturated carbocycles. The van der Waals surface area contributed by atoms with Crippen molar-refractivity contribution in [1.29, 1.82) is 0 Å². The summed E-state index contributed by atoms with van der Waals surface area (Å²) in [5, 5.41) is 0. The summed E-state index contributed by atoms with van der Waals surface area (Å²) in [6.07, 6.45) is 0.634. The van der Waals surface area contributed by atoms with Gasteiger partial charge in [-0.1, -0.05) is 35.9 Å². The Kier molecular flexibility index (Phi) is 8.69. The van der Waals surface area contributed by atoms with Gasteiger partial charge in [-0.3, -0.25) is 9.08 Å². The average molecular weight is 544 g/mol. The van der Waals surface area contributed by atoms with Crippen LogP contribution in [0.3, 0.4) is 0 Å². The van der Waals surface area contributed by atoms with Crippen LogP contribution < -0.4 is 4.90 Å². The summed E-state index contributed by atoms with van der Waals surface area (Å²) < 4.78 is 36.3. The van der Waals surface area contributed by atoms with Crippen LogP contribution in [0.25, 0.3) is 0 Å². The van der Waals surface area contributed by atoms with E-state index in [9.17, 15) is 13.2 Å². The van der Waals surface area contributed by atoms with Crippen LogP contribution >= 0.6 is 0 Å². The molecule has 0 unspecified atom stereocenters. The Morgan fingerprint density at radius 1 is 0.974 bits per heavy atom. The Hall–Kier alpha value is -2.62. The van der Waals surface area contributed by atoms with E-state index in [2.05, 4.69) is 34.9 Å². The van der Waals surface area contributed by atoms with Gasteiger partial charge in [-0.2, -0.15) is 8.42 Å². The fraction of sp³-hybridized carbons (Fsp3) is 0.552. The number of hydrogen-bond acceptors (Lipinski definition) is 7. The largest absolute Gasteiger partial charge is 0.444 e. The molecule has 2 aromatic rings. The summed E-state index contributed by atoms with van der Waals surface area (Å²) in [4.78, 5) is 19.2. The van der Waals surface area contributed by atoms with E-state index in [-0.39, 0.29) is 23.5 Å². The second-order valence-corrected chi connectivity index (χ2v) is 13.1. The smallest absolute Gasteiger partial charge is 0.410 e. The first-order valence-electron chi connectivity index (χ1n) is 13.4. The molecule has 1 atom stereocenters. The number of amides is 1. The number of carbonyl (C=O) groups is 1. The third kappa shape index (κ3) is 7.27. The molecule has 2 heterocycles. The van der Waals surface area contributed by atoms with Crippen LogP contribution in [0.4, 0.5) is 10.5 Å². The second kappa shape index (κ2) is 11.6. The minimum atomic E-state index is -3.77. The Balaban J connectivity index is 1.34. The van der Waals surface area contributed by atoms with Gasteiger partial charge < -0.3 is 14.5 Å². The highest BCUT2D eigenvalue weighted by Gasteiger charge is 2.29. The van der Waals surface area contributed by atoms with E-state index in [1.54, 1.807) is 29.2 Å². The van der Waals surface area contributed by atoms with Gasteiger partial charge in [0.15, 0.2) is 0 Å². The molecule has 1 amide bonds. The topological polar surface area (TPSA) is 79.4 Å².